The van der Waals surface area contributed by atoms with Crippen LogP contribution in [0.4, 0.5) is 11.4 Å². The van der Waals surface area contributed by atoms with E-state index in [0.717, 1.165) is 5.56 Å². The first-order valence-corrected chi connectivity index (χ1v) is 7.49. The van der Waals surface area contributed by atoms with E-state index in [2.05, 4.69) is 4.72 Å². The van der Waals surface area contributed by atoms with Crippen LogP contribution in [-0.2, 0) is 14.8 Å². The molecule has 0 bridgehead atoms. The predicted octanol–water partition coefficient (Wildman–Crippen LogP) is 1.50. The van der Waals surface area contributed by atoms with Crippen LogP contribution in [0, 0.1) is 6.92 Å². The molecule has 5 nitrogen and oxygen atoms in total. The molecule has 0 aliphatic carbocycles. The standard InChI is InChI=1S/C12H18N2O3S/c1-9-2-3-11(13)12(8-9)14-18(15,16)10-4-6-17-7-5-10/h2-3,8,10,14H,4-7,13H2,1H3. The fourth-order valence-electron chi connectivity index (χ4n) is 1.98. The van der Waals surface area contributed by atoms with Crippen molar-refractivity contribution in [3.05, 3.63) is 23.8 Å². The van der Waals surface area contributed by atoms with Crippen LogP contribution in [0.1, 0.15) is 18.4 Å². The highest BCUT2D eigenvalue weighted by Crippen LogP contribution is 2.24. The van der Waals surface area contributed by atoms with Crippen LogP contribution < -0.4 is 10.5 Å². The highest BCUT2D eigenvalue weighted by Gasteiger charge is 2.28. The monoisotopic (exact) mass is 270 g/mol. The summed E-state index contributed by atoms with van der Waals surface area (Å²) < 4.78 is 32.2. The third-order valence-corrected chi connectivity index (χ3v) is 4.92. The van der Waals surface area contributed by atoms with Gasteiger partial charge >= 0.3 is 0 Å². The van der Waals surface area contributed by atoms with Crippen molar-refractivity contribution < 1.29 is 13.2 Å². The maximum atomic E-state index is 12.2. The van der Waals surface area contributed by atoms with Crippen molar-refractivity contribution in [3.8, 4) is 0 Å². The van der Waals surface area contributed by atoms with Gasteiger partial charge in [-0.2, -0.15) is 0 Å². The van der Waals surface area contributed by atoms with Crippen molar-refractivity contribution in [3.63, 3.8) is 0 Å². The molecule has 18 heavy (non-hydrogen) atoms. The van der Waals surface area contributed by atoms with Crippen LogP contribution in [0.25, 0.3) is 0 Å². The molecule has 1 aliphatic heterocycles. The molecule has 3 N–H and O–H groups in total. The predicted molar refractivity (Wildman–Crippen MR) is 72.0 cm³/mol. The van der Waals surface area contributed by atoms with Gasteiger partial charge in [0.15, 0.2) is 0 Å². The fraction of sp³-hybridized carbons (Fsp3) is 0.500. The van der Waals surface area contributed by atoms with Gasteiger partial charge < -0.3 is 10.5 Å². The summed E-state index contributed by atoms with van der Waals surface area (Å²) in [5.41, 5.74) is 7.64. The van der Waals surface area contributed by atoms with E-state index >= 15 is 0 Å². The number of rotatable bonds is 3. The second-order valence-electron chi connectivity index (χ2n) is 4.55. The lowest BCUT2D eigenvalue weighted by Crippen LogP contribution is -2.33. The van der Waals surface area contributed by atoms with Crippen molar-refractivity contribution >= 4 is 21.4 Å². The molecule has 1 heterocycles. The summed E-state index contributed by atoms with van der Waals surface area (Å²) in [5.74, 6) is 0. The zero-order valence-electron chi connectivity index (χ0n) is 10.3. The van der Waals surface area contributed by atoms with Crippen molar-refractivity contribution in [2.75, 3.05) is 23.7 Å². The van der Waals surface area contributed by atoms with Gasteiger partial charge in [0.2, 0.25) is 10.0 Å². The average Bonchev–Trinajstić information content (AvgIpc) is 2.35. The van der Waals surface area contributed by atoms with Crippen LogP contribution >= 0.6 is 0 Å². The lowest BCUT2D eigenvalue weighted by atomic mass is 10.2. The van der Waals surface area contributed by atoms with Gasteiger partial charge in [-0.3, -0.25) is 4.72 Å². The molecule has 1 fully saturated rings. The minimum absolute atomic E-state index is 0.397. The van der Waals surface area contributed by atoms with Crippen LogP contribution in [0.15, 0.2) is 18.2 Å². The van der Waals surface area contributed by atoms with E-state index in [9.17, 15) is 8.42 Å². The van der Waals surface area contributed by atoms with Gasteiger partial charge in [-0.25, -0.2) is 8.42 Å². The zero-order valence-corrected chi connectivity index (χ0v) is 11.2. The number of benzene rings is 1. The van der Waals surface area contributed by atoms with E-state index in [0.29, 0.717) is 37.4 Å². The molecule has 1 aromatic carbocycles. The van der Waals surface area contributed by atoms with Gasteiger partial charge in [0.05, 0.1) is 16.6 Å². The third-order valence-electron chi connectivity index (χ3n) is 3.07. The third kappa shape index (κ3) is 2.94. The zero-order chi connectivity index (χ0) is 13.2. The normalized spacial score (nSPS) is 17.6. The summed E-state index contributed by atoms with van der Waals surface area (Å²) in [6.07, 6.45) is 1.06. The molecular formula is C12H18N2O3S. The van der Waals surface area contributed by atoms with E-state index in [1.165, 1.54) is 0 Å². The van der Waals surface area contributed by atoms with Crippen LogP contribution in [0.5, 0.6) is 0 Å². The Morgan fingerprint density at radius 1 is 1.33 bits per heavy atom. The number of nitrogen functional groups attached to an aromatic ring is 1. The summed E-state index contributed by atoms with van der Waals surface area (Å²) in [6.45, 7) is 2.88. The van der Waals surface area contributed by atoms with Crippen LogP contribution in [-0.4, -0.2) is 26.9 Å². The summed E-state index contributed by atoms with van der Waals surface area (Å²) in [4.78, 5) is 0. The average molecular weight is 270 g/mol. The first-order valence-electron chi connectivity index (χ1n) is 5.94. The number of nitrogens with one attached hydrogen (secondary N) is 1. The minimum atomic E-state index is -3.39. The van der Waals surface area contributed by atoms with Crippen LogP contribution in [0.2, 0.25) is 0 Å². The second-order valence-corrected chi connectivity index (χ2v) is 6.51. The first-order chi connectivity index (χ1) is 8.49. The van der Waals surface area contributed by atoms with Crippen molar-refractivity contribution in [1.82, 2.24) is 0 Å². The Morgan fingerprint density at radius 2 is 2.00 bits per heavy atom. The highest BCUT2D eigenvalue weighted by atomic mass is 32.2. The first kappa shape index (κ1) is 13.2. The van der Waals surface area contributed by atoms with Gasteiger partial charge in [0, 0.05) is 13.2 Å². The molecule has 0 atom stereocenters. The van der Waals surface area contributed by atoms with E-state index in [-0.39, 0.29) is 0 Å². The number of anilines is 2. The molecular weight excluding hydrogens is 252 g/mol. The molecule has 0 radical (unpaired) electrons. The Kier molecular flexibility index (Phi) is 3.77. The molecule has 0 aromatic heterocycles. The SMILES string of the molecule is Cc1ccc(N)c(NS(=O)(=O)C2CCOCC2)c1. The molecule has 0 amide bonds. The van der Waals surface area contributed by atoms with Gasteiger partial charge in [0.25, 0.3) is 0 Å². The molecule has 6 heteroatoms. The summed E-state index contributed by atoms with van der Waals surface area (Å²) in [6, 6.07) is 5.30. The molecule has 2 rings (SSSR count). The molecule has 0 spiro atoms. The molecule has 0 unspecified atom stereocenters. The van der Waals surface area contributed by atoms with Crippen molar-refractivity contribution in [2.24, 2.45) is 0 Å². The maximum absolute atomic E-state index is 12.2. The Morgan fingerprint density at radius 3 is 2.67 bits per heavy atom. The Bertz CT molecular complexity index is 522. The Labute approximate surface area is 107 Å². The van der Waals surface area contributed by atoms with Gasteiger partial charge in [-0.15, -0.1) is 0 Å². The summed E-state index contributed by atoms with van der Waals surface area (Å²) >= 11 is 0. The number of sulfonamides is 1. The van der Waals surface area contributed by atoms with Gasteiger partial charge in [-0.1, -0.05) is 6.07 Å². The smallest absolute Gasteiger partial charge is 0.235 e. The second kappa shape index (κ2) is 5.16. The number of hydrogen-bond acceptors (Lipinski definition) is 4. The van der Waals surface area contributed by atoms with Crippen LogP contribution in [0.3, 0.4) is 0 Å². The lowest BCUT2D eigenvalue weighted by molar-refractivity contribution is 0.0984. The van der Waals surface area contributed by atoms with E-state index < -0.39 is 15.3 Å². The number of nitrogens with two attached hydrogens (primary N) is 1. The lowest BCUT2D eigenvalue weighted by Gasteiger charge is -2.23. The minimum Gasteiger partial charge on any atom is -0.397 e. The summed E-state index contributed by atoms with van der Waals surface area (Å²) in [7, 11) is -3.39. The Hall–Kier alpha value is -1.27. The number of hydrogen-bond donors (Lipinski definition) is 2. The topological polar surface area (TPSA) is 81.4 Å². The number of ether oxygens (including phenoxy) is 1. The molecule has 1 aromatic rings. The molecule has 100 valence electrons. The van der Waals surface area contributed by atoms with Crippen molar-refractivity contribution in [2.45, 2.75) is 25.0 Å². The van der Waals surface area contributed by atoms with Gasteiger partial charge in [-0.05, 0) is 37.5 Å². The van der Waals surface area contributed by atoms with E-state index in [1.807, 2.05) is 13.0 Å². The van der Waals surface area contributed by atoms with Gasteiger partial charge in [0.1, 0.15) is 0 Å². The highest BCUT2D eigenvalue weighted by molar-refractivity contribution is 7.93. The van der Waals surface area contributed by atoms with E-state index in [4.69, 9.17) is 10.5 Å². The quantitative estimate of drug-likeness (QED) is 0.815. The molecule has 0 saturated carbocycles. The number of aryl methyl sites for hydroxylation is 1. The summed E-state index contributed by atoms with van der Waals surface area (Å²) in [5, 5.41) is -0.397. The molecule has 1 saturated heterocycles. The Balaban J connectivity index is 2.18. The maximum Gasteiger partial charge on any atom is 0.235 e. The van der Waals surface area contributed by atoms with Crippen molar-refractivity contribution in [1.29, 1.82) is 0 Å². The fourth-order valence-corrected chi connectivity index (χ4v) is 3.44. The largest absolute Gasteiger partial charge is 0.397 e. The van der Waals surface area contributed by atoms with E-state index in [1.54, 1.807) is 12.1 Å². The molecule has 1 aliphatic rings.